The normalized spacial score (nSPS) is 13.3. The highest BCUT2D eigenvalue weighted by Crippen LogP contribution is 2.24. The number of anilines is 1. The first-order valence-corrected chi connectivity index (χ1v) is 7.93. The fraction of sp³-hybridized carbons (Fsp3) is 0.667. The smallest absolute Gasteiger partial charge is 0.0366 e. The van der Waals surface area contributed by atoms with Crippen molar-refractivity contribution < 1.29 is 0 Å². The summed E-state index contributed by atoms with van der Waals surface area (Å²) < 4.78 is 0. The Hall–Kier alpha value is -1.02. The highest BCUT2D eigenvalue weighted by atomic mass is 15.1. The molecule has 0 aliphatic heterocycles. The van der Waals surface area contributed by atoms with Crippen molar-refractivity contribution in [1.82, 2.24) is 5.32 Å². The van der Waals surface area contributed by atoms with E-state index in [4.69, 9.17) is 0 Å². The number of hydrogen-bond donors (Lipinski definition) is 1. The summed E-state index contributed by atoms with van der Waals surface area (Å²) in [6.07, 6.45) is 0. The Bertz CT molecular complexity index is 371. The van der Waals surface area contributed by atoms with Crippen LogP contribution >= 0.6 is 0 Å². The molecule has 2 heteroatoms. The predicted octanol–water partition coefficient (Wildman–Crippen LogP) is 4.30. The highest BCUT2D eigenvalue weighted by Gasteiger charge is 2.19. The molecule has 1 N–H and O–H groups in total. The van der Waals surface area contributed by atoms with Crippen LogP contribution in [0.25, 0.3) is 0 Å². The first-order valence-electron chi connectivity index (χ1n) is 7.93. The van der Waals surface area contributed by atoms with Gasteiger partial charge in [-0.2, -0.15) is 0 Å². The fourth-order valence-corrected chi connectivity index (χ4v) is 2.15. The number of hydrogen-bond acceptors (Lipinski definition) is 2. The lowest BCUT2D eigenvalue weighted by atomic mass is 9.82. The molecule has 0 bridgehead atoms. The van der Waals surface area contributed by atoms with E-state index in [2.05, 4.69) is 76.0 Å². The second-order valence-electron chi connectivity index (χ2n) is 6.74. The summed E-state index contributed by atoms with van der Waals surface area (Å²) in [6.45, 7) is 17.8. The number of nitrogens with one attached hydrogen (secondary N) is 1. The molecule has 1 atom stereocenters. The molecule has 0 saturated heterocycles. The van der Waals surface area contributed by atoms with E-state index in [1.54, 1.807) is 0 Å². The van der Waals surface area contributed by atoms with E-state index in [1.807, 2.05) is 0 Å². The number of nitrogens with zero attached hydrogens (tertiary/aromatic N) is 1. The van der Waals surface area contributed by atoms with Crippen molar-refractivity contribution in [1.29, 1.82) is 0 Å². The van der Waals surface area contributed by atoms with Gasteiger partial charge in [-0.25, -0.2) is 0 Å². The van der Waals surface area contributed by atoms with Crippen LogP contribution in [0.4, 0.5) is 5.69 Å². The van der Waals surface area contributed by atoms with Gasteiger partial charge in [0, 0.05) is 25.3 Å². The molecule has 1 aromatic carbocycles. The maximum Gasteiger partial charge on any atom is 0.0366 e. The molecule has 20 heavy (non-hydrogen) atoms. The van der Waals surface area contributed by atoms with E-state index < -0.39 is 0 Å². The van der Waals surface area contributed by atoms with Gasteiger partial charge in [0.2, 0.25) is 0 Å². The Labute approximate surface area is 125 Å². The van der Waals surface area contributed by atoms with Crippen molar-refractivity contribution >= 4 is 5.69 Å². The standard InChI is InChI=1S/C18H32N2/c1-7-20(8-2)17-11-9-16(10-12-17)14-19-13-15(3)18(4,5)6/h9-12,15,19H,7-8,13-14H2,1-6H3. The molecule has 0 fully saturated rings. The van der Waals surface area contributed by atoms with E-state index in [1.165, 1.54) is 11.3 Å². The monoisotopic (exact) mass is 276 g/mol. The SMILES string of the molecule is CCN(CC)c1ccc(CNCC(C)C(C)(C)C)cc1. The minimum Gasteiger partial charge on any atom is -0.372 e. The maximum atomic E-state index is 3.57. The average Bonchev–Trinajstić information content (AvgIpc) is 2.40. The largest absolute Gasteiger partial charge is 0.372 e. The third-order valence-corrected chi connectivity index (χ3v) is 4.32. The minimum absolute atomic E-state index is 0.375. The zero-order chi connectivity index (χ0) is 15.2. The molecule has 1 unspecified atom stereocenters. The van der Waals surface area contributed by atoms with Gasteiger partial charge in [-0.3, -0.25) is 0 Å². The summed E-state index contributed by atoms with van der Waals surface area (Å²) in [5.74, 6) is 0.678. The van der Waals surface area contributed by atoms with Crippen molar-refractivity contribution in [2.24, 2.45) is 11.3 Å². The van der Waals surface area contributed by atoms with E-state index >= 15 is 0 Å². The molecular weight excluding hydrogens is 244 g/mol. The predicted molar refractivity (Wildman–Crippen MR) is 90.3 cm³/mol. The average molecular weight is 276 g/mol. The Morgan fingerprint density at radius 1 is 1.05 bits per heavy atom. The van der Waals surface area contributed by atoms with Crippen molar-refractivity contribution in [3.8, 4) is 0 Å². The van der Waals surface area contributed by atoms with E-state index in [-0.39, 0.29) is 0 Å². The van der Waals surface area contributed by atoms with E-state index in [0.29, 0.717) is 11.3 Å². The quantitative estimate of drug-likeness (QED) is 0.798. The molecule has 0 heterocycles. The van der Waals surface area contributed by atoms with Crippen LogP contribution in [0.2, 0.25) is 0 Å². The minimum atomic E-state index is 0.375. The molecule has 0 aliphatic carbocycles. The third-order valence-electron chi connectivity index (χ3n) is 4.32. The van der Waals surface area contributed by atoms with Crippen LogP contribution < -0.4 is 10.2 Å². The van der Waals surface area contributed by atoms with Crippen LogP contribution in [0.5, 0.6) is 0 Å². The lowest BCUT2D eigenvalue weighted by Gasteiger charge is -2.27. The van der Waals surface area contributed by atoms with Crippen molar-refractivity contribution in [3.63, 3.8) is 0 Å². The van der Waals surface area contributed by atoms with Crippen LogP contribution in [0.3, 0.4) is 0 Å². The molecular formula is C18H32N2. The zero-order valence-corrected chi connectivity index (χ0v) is 14.2. The van der Waals surface area contributed by atoms with Crippen LogP contribution in [0.1, 0.15) is 47.1 Å². The van der Waals surface area contributed by atoms with Crippen LogP contribution in [0.15, 0.2) is 24.3 Å². The lowest BCUT2D eigenvalue weighted by molar-refractivity contribution is 0.252. The maximum absolute atomic E-state index is 3.57. The Morgan fingerprint density at radius 2 is 1.60 bits per heavy atom. The second kappa shape index (κ2) is 7.68. The Kier molecular flexibility index (Phi) is 6.54. The summed E-state index contributed by atoms with van der Waals surface area (Å²) in [5.41, 5.74) is 3.06. The molecule has 0 spiro atoms. The number of benzene rings is 1. The van der Waals surface area contributed by atoms with Crippen LogP contribution in [-0.4, -0.2) is 19.6 Å². The molecule has 114 valence electrons. The fourth-order valence-electron chi connectivity index (χ4n) is 2.15. The Balaban J connectivity index is 2.46. The summed E-state index contributed by atoms with van der Waals surface area (Å²) in [7, 11) is 0. The van der Waals surface area contributed by atoms with Gasteiger partial charge in [0.05, 0.1) is 0 Å². The molecule has 2 nitrogen and oxygen atoms in total. The van der Waals surface area contributed by atoms with Gasteiger partial charge in [-0.05, 0) is 49.4 Å². The topological polar surface area (TPSA) is 15.3 Å². The second-order valence-corrected chi connectivity index (χ2v) is 6.74. The first kappa shape index (κ1) is 17.0. The summed E-state index contributed by atoms with van der Waals surface area (Å²) in [4.78, 5) is 2.37. The lowest BCUT2D eigenvalue weighted by Crippen LogP contribution is -2.29. The molecule has 0 radical (unpaired) electrons. The van der Waals surface area contributed by atoms with Crippen LogP contribution in [0, 0.1) is 11.3 Å². The van der Waals surface area contributed by atoms with Gasteiger partial charge < -0.3 is 10.2 Å². The van der Waals surface area contributed by atoms with Gasteiger partial charge in [0.25, 0.3) is 0 Å². The van der Waals surface area contributed by atoms with Gasteiger partial charge in [0.15, 0.2) is 0 Å². The molecule has 1 rings (SSSR count). The highest BCUT2D eigenvalue weighted by molar-refractivity contribution is 5.47. The first-order chi connectivity index (χ1) is 9.38. The van der Waals surface area contributed by atoms with Gasteiger partial charge in [-0.1, -0.05) is 39.8 Å². The molecule has 1 aromatic rings. The van der Waals surface area contributed by atoms with Gasteiger partial charge in [-0.15, -0.1) is 0 Å². The van der Waals surface area contributed by atoms with Crippen molar-refractivity contribution in [3.05, 3.63) is 29.8 Å². The van der Waals surface area contributed by atoms with Crippen molar-refractivity contribution in [2.75, 3.05) is 24.5 Å². The molecule has 0 saturated carbocycles. The molecule has 0 amide bonds. The molecule has 0 aromatic heterocycles. The number of rotatable bonds is 7. The summed E-state index contributed by atoms with van der Waals surface area (Å²) in [6, 6.07) is 8.94. The van der Waals surface area contributed by atoms with Crippen molar-refractivity contribution in [2.45, 2.75) is 48.1 Å². The van der Waals surface area contributed by atoms with Gasteiger partial charge >= 0.3 is 0 Å². The van der Waals surface area contributed by atoms with Gasteiger partial charge in [0.1, 0.15) is 0 Å². The Morgan fingerprint density at radius 3 is 2.05 bits per heavy atom. The summed E-state index contributed by atoms with van der Waals surface area (Å²) in [5, 5.41) is 3.57. The third kappa shape index (κ3) is 5.16. The van der Waals surface area contributed by atoms with Crippen LogP contribution in [-0.2, 0) is 6.54 Å². The zero-order valence-electron chi connectivity index (χ0n) is 14.2. The van der Waals surface area contributed by atoms with E-state index in [9.17, 15) is 0 Å². The van der Waals surface area contributed by atoms with E-state index in [0.717, 1.165) is 26.2 Å². The summed E-state index contributed by atoms with van der Waals surface area (Å²) >= 11 is 0. The molecule has 0 aliphatic rings.